The molecule has 1 aromatic heterocycles. The van der Waals surface area contributed by atoms with E-state index in [0.717, 1.165) is 4.68 Å². The molecule has 0 aliphatic heterocycles. The molecule has 0 amide bonds. The highest BCUT2D eigenvalue weighted by molar-refractivity contribution is 6.31. The fourth-order valence-electron chi connectivity index (χ4n) is 1.92. The predicted molar refractivity (Wildman–Crippen MR) is 75.7 cm³/mol. The summed E-state index contributed by atoms with van der Waals surface area (Å²) >= 11 is 5.85. The molecule has 0 radical (unpaired) electrons. The van der Waals surface area contributed by atoms with E-state index in [4.69, 9.17) is 16.7 Å². The summed E-state index contributed by atoms with van der Waals surface area (Å²) in [6, 6.07) is 10.5. The largest absolute Gasteiger partial charge is 0.478 e. The number of carbonyl (C=O) groups is 2. The third kappa shape index (κ3) is 2.36. The molecule has 0 spiro atoms. The van der Waals surface area contributed by atoms with Crippen LogP contribution in [0.5, 0.6) is 0 Å². The second kappa shape index (κ2) is 4.99. The number of carbonyl (C=O) groups excluding carboxylic acids is 1. The summed E-state index contributed by atoms with van der Waals surface area (Å²) in [6.45, 7) is 0. The zero-order chi connectivity index (χ0) is 15.0. The summed E-state index contributed by atoms with van der Waals surface area (Å²) in [5, 5.41) is 17.0. The molecule has 104 valence electrons. The highest BCUT2D eigenvalue weighted by atomic mass is 35.5. The van der Waals surface area contributed by atoms with Crippen molar-refractivity contribution in [1.82, 2.24) is 15.0 Å². The van der Waals surface area contributed by atoms with Crippen molar-refractivity contribution in [3.05, 3.63) is 58.6 Å². The molecule has 1 N–H and O–H groups in total. The van der Waals surface area contributed by atoms with Crippen LogP contribution in [0.2, 0.25) is 5.02 Å². The standard InChI is InChI=1S/C14H8ClN3O3/c15-10-5-6-12-11(7-10)16-17-18(12)13(19)8-1-3-9(4-2-8)14(20)21/h1-7H,(H,20,21). The van der Waals surface area contributed by atoms with Gasteiger partial charge in [-0.2, -0.15) is 4.68 Å². The van der Waals surface area contributed by atoms with Crippen LogP contribution in [0, 0.1) is 0 Å². The Labute approximate surface area is 123 Å². The molecule has 3 aromatic rings. The third-order valence-electron chi connectivity index (χ3n) is 2.98. The summed E-state index contributed by atoms with van der Waals surface area (Å²) in [4.78, 5) is 23.2. The minimum Gasteiger partial charge on any atom is -0.478 e. The lowest BCUT2D eigenvalue weighted by Crippen LogP contribution is -2.13. The number of nitrogens with zero attached hydrogens (tertiary/aromatic N) is 3. The van der Waals surface area contributed by atoms with Crippen LogP contribution in [0.4, 0.5) is 0 Å². The van der Waals surface area contributed by atoms with E-state index < -0.39 is 11.9 Å². The van der Waals surface area contributed by atoms with Crippen molar-refractivity contribution >= 4 is 34.5 Å². The lowest BCUT2D eigenvalue weighted by atomic mass is 10.1. The summed E-state index contributed by atoms with van der Waals surface area (Å²) in [5.74, 6) is -1.44. The van der Waals surface area contributed by atoms with Crippen LogP contribution in [0.1, 0.15) is 20.7 Å². The zero-order valence-electron chi connectivity index (χ0n) is 10.5. The van der Waals surface area contributed by atoms with Gasteiger partial charge in [-0.3, -0.25) is 4.79 Å². The van der Waals surface area contributed by atoms with Gasteiger partial charge < -0.3 is 5.11 Å². The van der Waals surface area contributed by atoms with Crippen molar-refractivity contribution in [3.63, 3.8) is 0 Å². The molecule has 6 nitrogen and oxygen atoms in total. The Kier molecular flexibility index (Phi) is 3.15. The van der Waals surface area contributed by atoms with E-state index in [1.54, 1.807) is 18.2 Å². The summed E-state index contributed by atoms with van der Waals surface area (Å²) in [7, 11) is 0. The van der Waals surface area contributed by atoms with E-state index in [9.17, 15) is 9.59 Å². The number of halogens is 1. The lowest BCUT2D eigenvalue weighted by Gasteiger charge is -2.02. The Hall–Kier alpha value is -2.73. The summed E-state index contributed by atoms with van der Waals surface area (Å²) in [6.07, 6.45) is 0. The number of aromatic carboxylic acids is 1. The highest BCUT2D eigenvalue weighted by Gasteiger charge is 2.15. The van der Waals surface area contributed by atoms with Crippen molar-refractivity contribution in [2.24, 2.45) is 0 Å². The monoisotopic (exact) mass is 301 g/mol. The Morgan fingerprint density at radius 1 is 1.05 bits per heavy atom. The van der Waals surface area contributed by atoms with Crippen LogP contribution in [0.25, 0.3) is 11.0 Å². The van der Waals surface area contributed by atoms with Crippen LogP contribution in [-0.2, 0) is 0 Å². The van der Waals surface area contributed by atoms with Gasteiger partial charge in [0.2, 0.25) is 0 Å². The van der Waals surface area contributed by atoms with Crippen molar-refractivity contribution in [1.29, 1.82) is 0 Å². The van der Waals surface area contributed by atoms with Gasteiger partial charge in [-0.25, -0.2) is 4.79 Å². The molecular formula is C14H8ClN3O3. The topological polar surface area (TPSA) is 85.1 Å². The average Bonchev–Trinajstić information content (AvgIpc) is 2.89. The first-order valence-corrected chi connectivity index (χ1v) is 6.33. The number of carboxylic acid groups (broad SMARTS) is 1. The minimum absolute atomic E-state index is 0.113. The Bertz CT molecular complexity index is 856. The van der Waals surface area contributed by atoms with Crippen LogP contribution in [-0.4, -0.2) is 32.0 Å². The summed E-state index contributed by atoms with van der Waals surface area (Å²) < 4.78 is 1.15. The van der Waals surface area contributed by atoms with Gasteiger partial charge in [-0.05, 0) is 42.5 Å². The Morgan fingerprint density at radius 3 is 2.38 bits per heavy atom. The quantitative estimate of drug-likeness (QED) is 0.786. The predicted octanol–water partition coefficient (Wildman–Crippen LogP) is 2.47. The number of aromatic nitrogens is 3. The number of fused-ring (bicyclic) bond motifs is 1. The molecule has 0 saturated heterocycles. The first-order valence-electron chi connectivity index (χ1n) is 5.95. The maximum Gasteiger partial charge on any atom is 0.335 e. The van der Waals surface area contributed by atoms with E-state index in [-0.39, 0.29) is 5.56 Å². The molecule has 0 unspecified atom stereocenters. The molecule has 0 aliphatic rings. The van der Waals surface area contributed by atoms with Gasteiger partial charge in [0.25, 0.3) is 5.91 Å². The average molecular weight is 302 g/mol. The number of rotatable bonds is 2. The van der Waals surface area contributed by atoms with Crippen molar-refractivity contribution < 1.29 is 14.7 Å². The van der Waals surface area contributed by atoms with Gasteiger partial charge in [-0.1, -0.05) is 16.8 Å². The maximum atomic E-state index is 12.4. The number of hydrogen-bond acceptors (Lipinski definition) is 4. The van der Waals surface area contributed by atoms with E-state index in [1.165, 1.54) is 24.3 Å². The number of benzene rings is 2. The lowest BCUT2D eigenvalue weighted by molar-refractivity contribution is 0.0696. The summed E-state index contributed by atoms with van der Waals surface area (Å²) in [5.41, 5.74) is 1.48. The molecule has 3 rings (SSSR count). The van der Waals surface area contributed by atoms with Crippen LogP contribution in [0.3, 0.4) is 0 Å². The van der Waals surface area contributed by atoms with Crippen LogP contribution < -0.4 is 0 Å². The van der Waals surface area contributed by atoms with E-state index in [0.29, 0.717) is 21.6 Å². The Balaban J connectivity index is 2.02. The molecule has 2 aromatic carbocycles. The van der Waals surface area contributed by atoms with Gasteiger partial charge in [0.15, 0.2) is 0 Å². The molecule has 0 fully saturated rings. The van der Waals surface area contributed by atoms with E-state index >= 15 is 0 Å². The first kappa shape index (κ1) is 13.3. The van der Waals surface area contributed by atoms with Crippen LogP contribution >= 0.6 is 11.6 Å². The fraction of sp³-hybridized carbons (Fsp3) is 0. The van der Waals surface area contributed by atoms with Gasteiger partial charge >= 0.3 is 5.97 Å². The molecule has 0 atom stereocenters. The first-order chi connectivity index (χ1) is 10.1. The zero-order valence-corrected chi connectivity index (χ0v) is 11.3. The fourth-order valence-corrected chi connectivity index (χ4v) is 2.09. The van der Waals surface area contributed by atoms with Crippen molar-refractivity contribution in [2.75, 3.05) is 0 Å². The third-order valence-corrected chi connectivity index (χ3v) is 3.21. The molecule has 0 aliphatic carbocycles. The second-order valence-corrected chi connectivity index (χ2v) is 4.76. The maximum absolute atomic E-state index is 12.4. The number of hydrogen-bond donors (Lipinski definition) is 1. The Morgan fingerprint density at radius 2 is 1.71 bits per heavy atom. The second-order valence-electron chi connectivity index (χ2n) is 4.32. The normalized spacial score (nSPS) is 10.7. The smallest absolute Gasteiger partial charge is 0.335 e. The molecule has 0 saturated carbocycles. The van der Waals surface area contributed by atoms with E-state index in [1.807, 2.05) is 0 Å². The van der Waals surface area contributed by atoms with Gasteiger partial charge in [0.1, 0.15) is 5.52 Å². The highest BCUT2D eigenvalue weighted by Crippen LogP contribution is 2.18. The van der Waals surface area contributed by atoms with E-state index in [2.05, 4.69) is 10.3 Å². The van der Waals surface area contributed by atoms with Gasteiger partial charge in [0, 0.05) is 10.6 Å². The molecular weight excluding hydrogens is 294 g/mol. The molecule has 0 bridgehead atoms. The number of carboxylic acids is 1. The van der Waals surface area contributed by atoms with Crippen molar-refractivity contribution in [2.45, 2.75) is 0 Å². The molecule has 21 heavy (non-hydrogen) atoms. The van der Waals surface area contributed by atoms with Gasteiger partial charge in [-0.15, -0.1) is 5.10 Å². The molecule has 7 heteroatoms. The SMILES string of the molecule is O=C(O)c1ccc(C(=O)n2nnc3cc(Cl)ccc32)cc1. The molecule has 1 heterocycles. The minimum atomic E-state index is -1.05. The van der Waals surface area contributed by atoms with Crippen LogP contribution in [0.15, 0.2) is 42.5 Å². The van der Waals surface area contributed by atoms with Crippen molar-refractivity contribution in [3.8, 4) is 0 Å². The van der Waals surface area contributed by atoms with Gasteiger partial charge in [0.05, 0.1) is 11.1 Å².